The van der Waals surface area contributed by atoms with Crippen LogP contribution in [0.1, 0.15) is 28.3 Å². The van der Waals surface area contributed by atoms with Crippen molar-refractivity contribution in [2.45, 2.75) is 26.3 Å². The predicted molar refractivity (Wildman–Crippen MR) is 96.1 cm³/mol. The molecule has 2 N–H and O–H groups in total. The topological polar surface area (TPSA) is 26.0 Å². The number of rotatable bonds is 3. The molecule has 0 bridgehead atoms. The van der Waals surface area contributed by atoms with Crippen molar-refractivity contribution < 1.29 is 0 Å². The van der Waals surface area contributed by atoms with Crippen LogP contribution in [0.2, 0.25) is 0 Å². The zero-order valence-corrected chi connectivity index (χ0v) is 14.6. The molecule has 0 aliphatic rings. The minimum atomic E-state index is 0.0357. The summed E-state index contributed by atoms with van der Waals surface area (Å²) >= 11 is 5.38. The highest BCUT2D eigenvalue weighted by atomic mass is 79.9. The van der Waals surface area contributed by atoms with Crippen molar-refractivity contribution in [1.29, 1.82) is 0 Å². The van der Waals surface area contributed by atoms with Gasteiger partial charge in [-0.2, -0.15) is 0 Å². The van der Waals surface area contributed by atoms with Crippen molar-refractivity contribution in [2.75, 3.05) is 0 Å². The van der Waals surface area contributed by atoms with Crippen molar-refractivity contribution in [2.24, 2.45) is 5.73 Å². The molecule has 3 aromatic rings. The van der Waals surface area contributed by atoms with Gasteiger partial charge in [-0.05, 0) is 69.7 Å². The third-order valence-corrected chi connectivity index (χ3v) is 5.90. The number of halogens is 1. The highest BCUT2D eigenvalue weighted by molar-refractivity contribution is 9.10. The molecule has 0 aliphatic heterocycles. The molecule has 0 fully saturated rings. The summed E-state index contributed by atoms with van der Waals surface area (Å²) in [5.74, 6) is 0. The van der Waals surface area contributed by atoms with E-state index in [1.807, 2.05) is 0 Å². The molecule has 0 aliphatic carbocycles. The summed E-state index contributed by atoms with van der Waals surface area (Å²) in [5, 5.41) is 3.47. The highest BCUT2D eigenvalue weighted by Gasteiger charge is 2.14. The molecule has 108 valence electrons. The van der Waals surface area contributed by atoms with Crippen LogP contribution in [0.4, 0.5) is 0 Å². The second-order valence-electron chi connectivity index (χ2n) is 5.55. The number of aryl methyl sites for hydroxylation is 2. The van der Waals surface area contributed by atoms with Crippen molar-refractivity contribution in [3.8, 4) is 0 Å². The normalized spacial score (nSPS) is 12.8. The van der Waals surface area contributed by atoms with E-state index in [0.717, 1.165) is 10.9 Å². The van der Waals surface area contributed by atoms with Gasteiger partial charge in [0.2, 0.25) is 0 Å². The van der Waals surface area contributed by atoms with Crippen LogP contribution in [0.25, 0.3) is 10.1 Å². The van der Waals surface area contributed by atoms with Crippen LogP contribution in [0.3, 0.4) is 0 Å². The fraction of sp³-hybridized carbons (Fsp3) is 0.222. The molecule has 1 heterocycles. The number of hydrogen-bond acceptors (Lipinski definition) is 2. The largest absolute Gasteiger partial charge is 0.324 e. The van der Waals surface area contributed by atoms with E-state index in [1.54, 1.807) is 11.3 Å². The van der Waals surface area contributed by atoms with Gasteiger partial charge < -0.3 is 5.73 Å². The van der Waals surface area contributed by atoms with Gasteiger partial charge in [0.25, 0.3) is 0 Å². The first kappa shape index (κ1) is 14.8. The number of fused-ring (bicyclic) bond motifs is 1. The summed E-state index contributed by atoms with van der Waals surface area (Å²) < 4.78 is 2.43. The molecule has 21 heavy (non-hydrogen) atoms. The average Bonchev–Trinajstić information content (AvgIpc) is 2.88. The molecule has 3 rings (SSSR count). The number of hydrogen-bond donors (Lipinski definition) is 1. The van der Waals surface area contributed by atoms with Gasteiger partial charge in [0.05, 0.1) is 0 Å². The summed E-state index contributed by atoms with van der Waals surface area (Å²) in [6.07, 6.45) is 0.881. The fourth-order valence-corrected chi connectivity index (χ4v) is 4.38. The van der Waals surface area contributed by atoms with Gasteiger partial charge in [-0.3, -0.25) is 0 Å². The Hall–Kier alpha value is -1.16. The molecule has 0 amide bonds. The summed E-state index contributed by atoms with van der Waals surface area (Å²) in [5.41, 5.74) is 11.7. The zero-order valence-electron chi connectivity index (χ0n) is 12.2. The SMILES string of the molecule is Cc1ccc(C)c(CC(N)c2csc3c(Br)cccc23)c1. The summed E-state index contributed by atoms with van der Waals surface area (Å²) in [6.45, 7) is 4.29. The average molecular weight is 360 g/mol. The number of thiophene rings is 1. The molecular formula is C18H18BrNS. The Morgan fingerprint density at radius 2 is 2.00 bits per heavy atom. The van der Waals surface area contributed by atoms with Crippen molar-refractivity contribution in [3.63, 3.8) is 0 Å². The van der Waals surface area contributed by atoms with Crippen LogP contribution in [0.15, 0.2) is 46.3 Å². The van der Waals surface area contributed by atoms with Crippen molar-refractivity contribution >= 4 is 37.4 Å². The zero-order chi connectivity index (χ0) is 15.0. The molecular weight excluding hydrogens is 342 g/mol. The smallest absolute Gasteiger partial charge is 0.0488 e. The Labute approximate surface area is 137 Å². The lowest BCUT2D eigenvalue weighted by Crippen LogP contribution is -2.13. The lowest BCUT2D eigenvalue weighted by Gasteiger charge is -2.14. The van der Waals surface area contributed by atoms with E-state index in [0.29, 0.717) is 0 Å². The molecule has 0 spiro atoms. The number of benzene rings is 2. The molecule has 0 saturated heterocycles. The molecule has 1 unspecified atom stereocenters. The van der Waals surface area contributed by atoms with Crippen LogP contribution in [0.5, 0.6) is 0 Å². The molecule has 3 heteroatoms. The van der Waals surface area contributed by atoms with Crippen molar-refractivity contribution in [1.82, 2.24) is 0 Å². The minimum Gasteiger partial charge on any atom is -0.324 e. The monoisotopic (exact) mass is 359 g/mol. The third kappa shape index (κ3) is 2.91. The fourth-order valence-electron chi connectivity index (χ4n) is 2.70. The van der Waals surface area contributed by atoms with E-state index in [-0.39, 0.29) is 6.04 Å². The minimum absolute atomic E-state index is 0.0357. The van der Waals surface area contributed by atoms with Gasteiger partial charge >= 0.3 is 0 Å². The van der Waals surface area contributed by atoms with Gasteiger partial charge in [0.1, 0.15) is 0 Å². The van der Waals surface area contributed by atoms with E-state index in [1.165, 1.54) is 32.3 Å². The Kier molecular flexibility index (Phi) is 4.16. The van der Waals surface area contributed by atoms with E-state index >= 15 is 0 Å². The Bertz CT molecular complexity index is 791. The van der Waals surface area contributed by atoms with Crippen LogP contribution >= 0.6 is 27.3 Å². The first-order chi connectivity index (χ1) is 10.1. The lowest BCUT2D eigenvalue weighted by molar-refractivity contribution is 0.726. The van der Waals surface area contributed by atoms with Gasteiger partial charge in [-0.1, -0.05) is 35.9 Å². The van der Waals surface area contributed by atoms with E-state index in [4.69, 9.17) is 5.73 Å². The molecule has 1 aromatic heterocycles. The van der Waals surface area contributed by atoms with Crippen molar-refractivity contribution in [3.05, 3.63) is 68.5 Å². The van der Waals surface area contributed by atoms with Crippen LogP contribution in [0, 0.1) is 13.8 Å². The quantitative estimate of drug-likeness (QED) is 0.654. The summed E-state index contributed by atoms with van der Waals surface area (Å²) in [4.78, 5) is 0. The lowest BCUT2D eigenvalue weighted by atomic mass is 9.95. The standard InChI is InChI=1S/C18H18BrNS/c1-11-6-7-12(2)13(8-11)9-17(20)15-10-21-18-14(15)4-3-5-16(18)19/h3-8,10,17H,9,20H2,1-2H3. The van der Waals surface area contributed by atoms with E-state index < -0.39 is 0 Å². The summed E-state index contributed by atoms with van der Waals surface area (Å²) in [6, 6.07) is 12.9. The number of nitrogens with two attached hydrogens (primary N) is 1. The Morgan fingerprint density at radius 1 is 1.19 bits per heavy atom. The van der Waals surface area contributed by atoms with Gasteiger partial charge in [-0.15, -0.1) is 11.3 Å². The second kappa shape index (κ2) is 5.91. The third-order valence-electron chi connectivity index (χ3n) is 3.93. The summed E-state index contributed by atoms with van der Waals surface area (Å²) in [7, 11) is 0. The predicted octanol–water partition coefficient (Wildman–Crippen LogP) is 5.52. The Morgan fingerprint density at radius 3 is 2.81 bits per heavy atom. The van der Waals surface area contributed by atoms with Crippen LogP contribution < -0.4 is 5.73 Å². The molecule has 1 atom stereocenters. The molecule has 0 saturated carbocycles. The maximum atomic E-state index is 6.50. The van der Waals surface area contributed by atoms with E-state index in [2.05, 4.69) is 71.6 Å². The van der Waals surface area contributed by atoms with Crippen LogP contribution in [-0.2, 0) is 6.42 Å². The van der Waals surface area contributed by atoms with E-state index in [9.17, 15) is 0 Å². The van der Waals surface area contributed by atoms with Gasteiger partial charge in [-0.25, -0.2) is 0 Å². The molecule has 0 radical (unpaired) electrons. The van der Waals surface area contributed by atoms with Gasteiger partial charge in [0, 0.05) is 15.2 Å². The van der Waals surface area contributed by atoms with Gasteiger partial charge in [0.15, 0.2) is 0 Å². The molecule has 1 nitrogen and oxygen atoms in total. The highest BCUT2D eigenvalue weighted by Crippen LogP contribution is 2.35. The first-order valence-electron chi connectivity index (χ1n) is 7.03. The van der Waals surface area contributed by atoms with Crippen LogP contribution in [-0.4, -0.2) is 0 Å². The maximum absolute atomic E-state index is 6.50. The first-order valence-corrected chi connectivity index (χ1v) is 8.71. The maximum Gasteiger partial charge on any atom is 0.0488 e. The Balaban J connectivity index is 1.96. The molecule has 2 aromatic carbocycles. The second-order valence-corrected chi connectivity index (χ2v) is 7.28.